The zero-order valence-electron chi connectivity index (χ0n) is 9.73. The molecule has 0 aromatic carbocycles. The van der Waals surface area contributed by atoms with Gasteiger partial charge in [-0.2, -0.15) is 0 Å². The zero-order valence-corrected chi connectivity index (χ0v) is 10.5. The van der Waals surface area contributed by atoms with Crippen LogP contribution in [0.5, 0.6) is 0 Å². The molecule has 0 aromatic heterocycles. The van der Waals surface area contributed by atoms with Crippen LogP contribution >= 0.6 is 0 Å². The van der Waals surface area contributed by atoms with E-state index in [1.165, 1.54) is 0 Å². The molecule has 0 bridgehead atoms. The van der Waals surface area contributed by atoms with Gasteiger partial charge in [0.05, 0.1) is 6.10 Å². The highest BCUT2D eigenvalue weighted by Crippen LogP contribution is 2.20. The fourth-order valence-corrected chi connectivity index (χ4v) is 2.09. The molecule has 0 saturated heterocycles. The number of aliphatic carboxylic acids is 1. The van der Waals surface area contributed by atoms with Crippen LogP contribution in [-0.2, 0) is 14.8 Å². The first-order chi connectivity index (χ1) is 7.02. The molecule has 16 heavy (non-hydrogen) atoms. The van der Waals surface area contributed by atoms with Crippen LogP contribution < -0.4 is 4.72 Å². The summed E-state index contributed by atoms with van der Waals surface area (Å²) in [6.07, 6.45) is -0.383. The Kier molecular flexibility index (Phi) is 5.37. The van der Waals surface area contributed by atoms with E-state index in [9.17, 15) is 18.3 Å². The molecule has 1 atom stereocenters. The Morgan fingerprint density at radius 2 is 1.88 bits per heavy atom. The van der Waals surface area contributed by atoms with Crippen molar-refractivity contribution in [1.29, 1.82) is 0 Å². The van der Waals surface area contributed by atoms with Gasteiger partial charge in [0.15, 0.2) is 5.75 Å². The molecule has 0 heterocycles. The highest BCUT2D eigenvalue weighted by molar-refractivity contribution is 7.90. The van der Waals surface area contributed by atoms with Gasteiger partial charge in [0.25, 0.3) is 0 Å². The topological polar surface area (TPSA) is 104 Å². The Labute approximate surface area is 95.7 Å². The van der Waals surface area contributed by atoms with E-state index in [2.05, 4.69) is 4.72 Å². The van der Waals surface area contributed by atoms with Crippen molar-refractivity contribution >= 4 is 16.0 Å². The van der Waals surface area contributed by atoms with E-state index in [4.69, 9.17) is 5.11 Å². The predicted octanol–water partition coefficient (Wildman–Crippen LogP) is -0.212. The summed E-state index contributed by atoms with van der Waals surface area (Å²) >= 11 is 0. The molecule has 0 aromatic rings. The van der Waals surface area contributed by atoms with Crippen LogP contribution in [0.3, 0.4) is 0 Å². The summed E-state index contributed by atoms with van der Waals surface area (Å²) in [7, 11) is -3.84. The van der Waals surface area contributed by atoms with Crippen molar-refractivity contribution in [2.75, 3.05) is 12.3 Å². The van der Waals surface area contributed by atoms with E-state index in [0.29, 0.717) is 6.42 Å². The lowest BCUT2D eigenvalue weighted by atomic mass is 9.89. The maximum atomic E-state index is 11.1. The second kappa shape index (κ2) is 5.60. The normalized spacial score (nSPS) is 14.8. The average molecular weight is 253 g/mol. The zero-order chi connectivity index (χ0) is 13.0. The van der Waals surface area contributed by atoms with Gasteiger partial charge in [-0.15, -0.1) is 0 Å². The second-order valence-electron chi connectivity index (χ2n) is 4.92. The van der Waals surface area contributed by atoms with Gasteiger partial charge in [-0.3, -0.25) is 4.79 Å². The maximum absolute atomic E-state index is 11.1. The molecule has 0 aliphatic carbocycles. The minimum absolute atomic E-state index is 0.113. The number of nitrogens with one attached hydrogen (secondary N) is 1. The average Bonchev–Trinajstić information content (AvgIpc) is 1.95. The SMILES string of the molecule is CC(C)(C)CC(O)CNS(=O)(=O)CC(=O)O. The number of carbonyl (C=O) groups is 1. The lowest BCUT2D eigenvalue weighted by Crippen LogP contribution is -2.37. The number of hydrogen-bond donors (Lipinski definition) is 3. The maximum Gasteiger partial charge on any atom is 0.320 e. The van der Waals surface area contributed by atoms with Crippen LogP contribution in [0.4, 0.5) is 0 Å². The summed E-state index contributed by atoms with van der Waals surface area (Å²) in [4.78, 5) is 10.2. The lowest BCUT2D eigenvalue weighted by molar-refractivity contribution is -0.134. The smallest absolute Gasteiger partial charge is 0.320 e. The molecule has 1 unspecified atom stereocenters. The molecule has 0 spiro atoms. The van der Waals surface area contributed by atoms with Crippen LogP contribution in [0.15, 0.2) is 0 Å². The predicted molar refractivity (Wildman–Crippen MR) is 59.5 cm³/mol. The van der Waals surface area contributed by atoms with Crippen LogP contribution in [0, 0.1) is 5.41 Å². The molecule has 7 heteroatoms. The standard InChI is InChI=1S/C9H19NO5S/c1-9(2,3)4-7(11)5-10-16(14,15)6-8(12)13/h7,10-11H,4-6H2,1-3H3,(H,12,13). The molecule has 0 rings (SSSR count). The fourth-order valence-electron chi connectivity index (χ4n) is 1.22. The van der Waals surface area contributed by atoms with Crippen molar-refractivity contribution in [1.82, 2.24) is 4.72 Å². The van der Waals surface area contributed by atoms with Crippen LogP contribution in [-0.4, -0.2) is 43.0 Å². The van der Waals surface area contributed by atoms with Crippen LogP contribution in [0.25, 0.3) is 0 Å². The molecule has 96 valence electrons. The second-order valence-corrected chi connectivity index (χ2v) is 6.73. The van der Waals surface area contributed by atoms with Crippen molar-refractivity contribution in [3.05, 3.63) is 0 Å². The Morgan fingerprint density at radius 1 is 1.38 bits per heavy atom. The first-order valence-corrected chi connectivity index (χ1v) is 6.54. The Hall–Kier alpha value is -0.660. The summed E-state index contributed by atoms with van der Waals surface area (Å²) in [6, 6.07) is 0. The number of aliphatic hydroxyl groups excluding tert-OH is 1. The van der Waals surface area contributed by atoms with E-state index < -0.39 is 27.8 Å². The quantitative estimate of drug-likeness (QED) is 0.607. The minimum atomic E-state index is -3.84. The number of carboxylic acid groups (broad SMARTS) is 1. The Bertz CT molecular complexity index is 330. The molecule has 6 nitrogen and oxygen atoms in total. The van der Waals surface area contributed by atoms with E-state index in [0.717, 1.165) is 0 Å². The van der Waals surface area contributed by atoms with Gasteiger partial charge in [0, 0.05) is 6.54 Å². The lowest BCUT2D eigenvalue weighted by Gasteiger charge is -2.22. The third kappa shape index (κ3) is 8.63. The van der Waals surface area contributed by atoms with Gasteiger partial charge in [-0.05, 0) is 11.8 Å². The summed E-state index contributed by atoms with van der Waals surface area (Å²) in [5, 5.41) is 17.8. The highest BCUT2D eigenvalue weighted by atomic mass is 32.2. The van der Waals surface area contributed by atoms with E-state index >= 15 is 0 Å². The van der Waals surface area contributed by atoms with Crippen molar-refractivity contribution in [3.63, 3.8) is 0 Å². The first kappa shape index (κ1) is 15.3. The van der Waals surface area contributed by atoms with E-state index in [1.54, 1.807) is 0 Å². The van der Waals surface area contributed by atoms with Crippen molar-refractivity contribution < 1.29 is 23.4 Å². The molecule has 0 amide bonds. The van der Waals surface area contributed by atoms with Crippen LogP contribution in [0.1, 0.15) is 27.2 Å². The summed E-state index contributed by atoms with van der Waals surface area (Å²) in [5.74, 6) is -2.40. The van der Waals surface area contributed by atoms with Crippen molar-refractivity contribution in [3.8, 4) is 0 Å². The van der Waals surface area contributed by atoms with Crippen molar-refractivity contribution in [2.45, 2.75) is 33.3 Å². The molecule has 0 aliphatic rings. The van der Waals surface area contributed by atoms with Gasteiger partial charge in [-0.25, -0.2) is 13.1 Å². The molecule has 3 N–H and O–H groups in total. The van der Waals surface area contributed by atoms with Gasteiger partial charge < -0.3 is 10.2 Å². The largest absolute Gasteiger partial charge is 0.480 e. The Balaban J connectivity index is 4.10. The highest BCUT2D eigenvalue weighted by Gasteiger charge is 2.20. The Morgan fingerprint density at radius 3 is 2.25 bits per heavy atom. The number of hydrogen-bond acceptors (Lipinski definition) is 4. The molecule has 0 aliphatic heterocycles. The summed E-state index contributed by atoms with van der Waals surface area (Å²) in [6.45, 7) is 5.60. The fraction of sp³-hybridized carbons (Fsp3) is 0.889. The number of sulfonamides is 1. The van der Waals surface area contributed by atoms with E-state index in [1.807, 2.05) is 20.8 Å². The molecule has 0 radical (unpaired) electrons. The molecular formula is C9H19NO5S. The van der Waals surface area contributed by atoms with E-state index in [-0.39, 0.29) is 12.0 Å². The van der Waals surface area contributed by atoms with Crippen LogP contribution in [0.2, 0.25) is 0 Å². The monoisotopic (exact) mass is 253 g/mol. The molecule has 0 fully saturated rings. The van der Waals surface area contributed by atoms with Gasteiger partial charge >= 0.3 is 5.97 Å². The summed E-state index contributed by atoms with van der Waals surface area (Å²) < 4.78 is 24.3. The minimum Gasteiger partial charge on any atom is -0.480 e. The number of aliphatic hydroxyl groups is 1. The van der Waals surface area contributed by atoms with Gasteiger partial charge in [-0.1, -0.05) is 20.8 Å². The van der Waals surface area contributed by atoms with Gasteiger partial charge in [0.2, 0.25) is 10.0 Å². The third-order valence-electron chi connectivity index (χ3n) is 1.70. The van der Waals surface area contributed by atoms with Gasteiger partial charge in [0.1, 0.15) is 0 Å². The van der Waals surface area contributed by atoms with Crippen molar-refractivity contribution in [2.24, 2.45) is 5.41 Å². The third-order valence-corrected chi connectivity index (χ3v) is 2.93. The first-order valence-electron chi connectivity index (χ1n) is 4.89. The molecular weight excluding hydrogens is 234 g/mol. The number of rotatable bonds is 6. The molecule has 0 saturated carbocycles. The number of carboxylic acids is 1. The summed E-state index contributed by atoms with van der Waals surface area (Å²) in [5.41, 5.74) is -0.113.